The number of imidazole rings is 2. The van der Waals surface area contributed by atoms with Gasteiger partial charge in [0.25, 0.3) is 0 Å². The Bertz CT molecular complexity index is 2770. The van der Waals surface area contributed by atoms with Gasteiger partial charge in [0.2, 0.25) is 0 Å². The molecule has 4 nitrogen and oxygen atoms in total. The van der Waals surface area contributed by atoms with E-state index in [1.54, 1.807) is 0 Å². The summed E-state index contributed by atoms with van der Waals surface area (Å²) in [7, 11) is 0. The SMILES string of the molecule is C=CC(=CCCC)CCCC(CC)c1cc(-c2ccccc2)cc(C(C)CCC)c1-n1ccnc1-c1[c-]cccc1.CCCC(CC)c1cccc(C(CCC)CCC)c1-n1ccnc1-c1ccccc1C(C)C.[CH3-].[Sr+2]. The van der Waals surface area contributed by atoms with Crippen LogP contribution < -0.4 is 0 Å². The van der Waals surface area contributed by atoms with Crippen molar-refractivity contribution in [3.63, 3.8) is 0 Å². The molecule has 0 aliphatic carbocycles. The van der Waals surface area contributed by atoms with Crippen LogP contribution in [-0.2, 0) is 0 Å². The van der Waals surface area contributed by atoms with Gasteiger partial charge in [-0.15, -0.1) is 35.9 Å². The molecule has 2 heterocycles. The number of hydrogen-bond acceptors (Lipinski definition) is 2. The summed E-state index contributed by atoms with van der Waals surface area (Å²) in [6.45, 7) is 27.2. The summed E-state index contributed by atoms with van der Waals surface area (Å²) in [6.07, 6.45) is 30.3. The number of benzene rings is 5. The Morgan fingerprint density at radius 1 is 0.566 bits per heavy atom. The van der Waals surface area contributed by atoms with Gasteiger partial charge in [0.1, 0.15) is 5.82 Å². The number of hydrogen-bond donors (Lipinski definition) is 0. The maximum absolute atomic E-state index is 4.93. The number of nitrogens with zero attached hydrogens (tertiary/aromatic N) is 4. The van der Waals surface area contributed by atoms with Crippen LogP contribution in [0.2, 0.25) is 0 Å². The molecule has 0 aliphatic rings. The first-order valence-electron chi connectivity index (χ1n) is 29.0. The number of aromatic nitrogens is 4. The first-order chi connectivity index (χ1) is 36.2. The molecule has 5 aromatic carbocycles. The van der Waals surface area contributed by atoms with Gasteiger partial charge in [-0.05, 0) is 145 Å². The smallest absolute Gasteiger partial charge is 0.358 e. The van der Waals surface area contributed by atoms with E-state index in [1.807, 2.05) is 24.5 Å². The molecule has 3 unspecified atom stereocenters. The zero-order valence-electron chi connectivity index (χ0n) is 49.1. The fourth-order valence-electron chi connectivity index (χ4n) is 11.5. The van der Waals surface area contributed by atoms with Gasteiger partial charge in [-0.3, -0.25) is 9.55 Å². The monoisotopic (exact) mass is 1090 g/mol. The topological polar surface area (TPSA) is 35.6 Å². The van der Waals surface area contributed by atoms with E-state index >= 15 is 0 Å². The van der Waals surface area contributed by atoms with E-state index in [0.717, 1.165) is 62.2 Å². The molecule has 3 atom stereocenters. The number of allylic oxidation sites excluding steroid dienone is 3. The maximum atomic E-state index is 4.93. The van der Waals surface area contributed by atoms with E-state index in [9.17, 15) is 0 Å². The fourth-order valence-corrected chi connectivity index (χ4v) is 11.5. The van der Waals surface area contributed by atoms with Crippen molar-refractivity contribution < 1.29 is 0 Å². The minimum atomic E-state index is 0. The molecule has 0 fully saturated rings. The molecular weight excluding hydrogens is 996 g/mol. The molecule has 400 valence electrons. The third kappa shape index (κ3) is 16.5. The summed E-state index contributed by atoms with van der Waals surface area (Å²) < 4.78 is 4.76. The first kappa shape index (κ1) is 64.0. The summed E-state index contributed by atoms with van der Waals surface area (Å²) in [4.78, 5) is 9.79. The van der Waals surface area contributed by atoms with Crippen LogP contribution in [0.5, 0.6) is 0 Å². The summed E-state index contributed by atoms with van der Waals surface area (Å²) in [5.41, 5.74) is 16.2. The van der Waals surface area contributed by atoms with Gasteiger partial charge in [-0.1, -0.05) is 198 Å². The molecular formula is C71H94N4Sr. The van der Waals surface area contributed by atoms with Crippen molar-refractivity contribution in [2.24, 2.45) is 0 Å². The Hall–Kier alpha value is -4.52. The van der Waals surface area contributed by atoms with Crippen molar-refractivity contribution in [3.05, 3.63) is 200 Å². The maximum Gasteiger partial charge on any atom is 2.00 e. The largest absolute Gasteiger partial charge is 2.00 e. The van der Waals surface area contributed by atoms with Crippen molar-refractivity contribution >= 4 is 45.5 Å². The Kier molecular flexibility index (Phi) is 28.4. The van der Waals surface area contributed by atoms with E-state index in [0.29, 0.717) is 29.6 Å². The minimum absolute atomic E-state index is 0. The zero-order valence-corrected chi connectivity index (χ0v) is 52.5. The van der Waals surface area contributed by atoms with Crippen LogP contribution in [0.4, 0.5) is 0 Å². The molecule has 0 bridgehead atoms. The van der Waals surface area contributed by atoms with Crippen LogP contribution in [0.15, 0.2) is 158 Å². The van der Waals surface area contributed by atoms with Crippen LogP contribution in [0.25, 0.3) is 45.3 Å². The second kappa shape index (κ2) is 33.7. The van der Waals surface area contributed by atoms with Gasteiger partial charge >= 0.3 is 45.5 Å². The Morgan fingerprint density at radius 2 is 1.12 bits per heavy atom. The standard InChI is InChI=1S/C39H47N2.C31H44N2.CH3.Sr/c1-6-10-19-31(8-3)20-17-25-32(9-4)37-29-35(33-21-13-11-14-22-33)28-36(30(5)18-7-2)38(37)41-27-26-40-39(41)34-23-15-12-16-24-34;1-7-14-24(10-4)27-19-13-20-28(25(15-8-2)16-9-3)30(27)33-22-21-32-31(33)29-18-12-11-17-26(29)23(5)6;;/h8,11-16,19,21-23,26-30,32H,3,6-7,9-10,17-18,20,25H2,1-2,4-5H3;11-13,17-25H,7-10,14-16H2,1-6H3;1H3;/q-1;;-1;+2. The van der Waals surface area contributed by atoms with E-state index in [2.05, 4.69) is 213 Å². The zero-order chi connectivity index (χ0) is 52.8. The molecule has 0 N–H and O–H groups in total. The van der Waals surface area contributed by atoms with Gasteiger partial charge in [0.05, 0.1) is 11.5 Å². The van der Waals surface area contributed by atoms with Gasteiger partial charge in [0, 0.05) is 36.0 Å². The van der Waals surface area contributed by atoms with Crippen LogP contribution >= 0.6 is 0 Å². The molecule has 0 saturated carbocycles. The fraction of sp³-hybridized carbons (Fsp3) is 0.423. The summed E-state index contributed by atoms with van der Waals surface area (Å²) in [5.74, 6) is 4.51. The molecule has 0 aliphatic heterocycles. The predicted molar refractivity (Wildman–Crippen MR) is 332 cm³/mol. The third-order valence-corrected chi connectivity index (χ3v) is 15.4. The quantitative estimate of drug-likeness (QED) is 0.0292. The normalized spacial score (nSPS) is 12.6. The molecule has 7 aromatic rings. The summed E-state index contributed by atoms with van der Waals surface area (Å²) in [6, 6.07) is 43.3. The van der Waals surface area contributed by atoms with E-state index in [4.69, 9.17) is 9.97 Å². The Morgan fingerprint density at radius 3 is 1.72 bits per heavy atom. The molecule has 0 amide bonds. The number of para-hydroxylation sites is 1. The van der Waals surface area contributed by atoms with Crippen molar-refractivity contribution in [3.8, 4) is 45.3 Å². The van der Waals surface area contributed by atoms with Gasteiger partial charge in [-0.25, -0.2) is 4.98 Å². The molecule has 0 radical (unpaired) electrons. The Labute approximate surface area is 500 Å². The minimum Gasteiger partial charge on any atom is -0.358 e. The van der Waals surface area contributed by atoms with E-state index in [-0.39, 0.29) is 52.9 Å². The average Bonchev–Trinajstić information content (AvgIpc) is 4.14. The number of rotatable bonds is 27. The summed E-state index contributed by atoms with van der Waals surface area (Å²) in [5, 5.41) is 0. The van der Waals surface area contributed by atoms with Gasteiger partial charge in [0.15, 0.2) is 0 Å². The molecule has 5 heteroatoms. The van der Waals surface area contributed by atoms with Gasteiger partial charge < -0.3 is 12.0 Å². The van der Waals surface area contributed by atoms with E-state index in [1.165, 1.54) is 113 Å². The van der Waals surface area contributed by atoms with Crippen molar-refractivity contribution in [2.45, 2.75) is 195 Å². The summed E-state index contributed by atoms with van der Waals surface area (Å²) >= 11 is 0. The molecule has 0 saturated heterocycles. The van der Waals surface area contributed by atoms with Crippen molar-refractivity contribution in [1.82, 2.24) is 19.1 Å². The van der Waals surface area contributed by atoms with Crippen molar-refractivity contribution in [1.29, 1.82) is 0 Å². The van der Waals surface area contributed by atoms with Crippen LogP contribution in [0.1, 0.15) is 223 Å². The van der Waals surface area contributed by atoms with Crippen LogP contribution in [0, 0.1) is 13.5 Å². The van der Waals surface area contributed by atoms with Crippen LogP contribution in [0.3, 0.4) is 0 Å². The van der Waals surface area contributed by atoms with Crippen molar-refractivity contribution in [2.75, 3.05) is 0 Å². The second-order valence-corrected chi connectivity index (χ2v) is 21.0. The third-order valence-electron chi connectivity index (χ3n) is 15.4. The number of unbranched alkanes of at least 4 members (excludes halogenated alkanes) is 1. The molecule has 76 heavy (non-hydrogen) atoms. The van der Waals surface area contributed by atoms with Gasteiger partial charge in [-0.2, -0.15) is 0 Å². The Balaban J connectivity index is 0.000000327. The van der Waals surface area contributed by atoms with E-state index < -0.39 is 0 Å². The second-order valence-electron chi connectivity index (χ2n) is 21.0. The molecule has 2 aromatic heterocycles. The van der Waals surface area contributed by atoms with Crippen LogP contribution in [-0.4, -0.2) is 64.6 Å². The average molecular weight is 1090 g/mol. The molecule has 7 rings (SSSR count). The first-order valence-corrected chi connectivity index (χ1v) is 29.0. The predicted octanol–water partition coefficient (Wildman–Crippen LogP) is 21.2. The molecule has 0 spiro atoms.